The van der Waals surface area contributed by atoms with E-state index < -0.39 is 5.97 Å². The first-order valence-electron chi connectivity index (χ1n) is 5.97. The summed E-state index contributed by atoms with van der Waals surface area (Å²) in [5.74, 6) is -0.146. The molecular formula is C14H13NO4S2. The normalized spacial score (nSPS) is 10.1. The number of benzene rings is 1. The Kier molecular flexibility index (Phi) is 5.24. The van der Waals surface area contributed by atoms with Crippen molar-refractivity contribution < 1.29 is 19.4 Å². The Labute approximate surface area is 129 Å². The maximum absolute atomic E-state index is 11.9. The van der Waals surface area contributed by atoms with Crippen molar-refractivity contribution in [1.82, 2.24) is 5.32 Å². The molecule has 0 bridgehead atoms. The van der Waals surface area contributed by atoms with Crippen LogP contribution in [0.15, 0.2) is 40.6 Å². The zero-order valence-corrected chi connectivity index (χ0v) is 12.8. The number of carboxylic acids is 1. The molecule has 0 fully saturated rings. The highest BCUT2D eigenvalue weighted by atomic mass is 32.2. The van der Waals surface area contributed by atoms with Crippen LogP contribution >= 0.6 is 23.1 Å². The van der Waals surface area contributed by atoms with Crippen LogP contribution in [0, 0.1) is 0 Å². The fraction of sp³-hybridized carbons (Fsp3) is 0.143. The van der Waals surface area contributed by atoms with Gasteiger partial charge in [0, 0.05) is 15.8 Å². The molecule has 21 heavy (non-hydrogen) atoms. The number of carbonyl (C=O) groups excluding carboxylic acids is 1. The van der Waals surface area contributed by atoms with Gasteiger partial charge in [-0.15, -0.1) is 23.1 Å². The molecule has 0 spiro atoms. The molecule has 0 radical (unpaired) electrons. The van der Waals surface area contributed by atoms with E-state index in [1.807, 2.05) is 0 Å². The monoisotopic (exact) mass is 323 g/mol. The molecule has 0 aliphatic carbocycles. The molecule has 1 aromatic carbocycles. The summed E-state index contributed by atoms with van der Waals surface area (Å²) in [4.78, 5) is 23.8. The average Bonchev–Trinajstić information content (AvgIpc) is 2.96. The van der Waals surface area contributed by atoms with Gasteiger partial charge in [-0.2, -0.15) is 0 Å². The predicted molar refractivity (Wildman–Crippen MR) is 82.5 cm³/mol. The predicted octanol–water partition coefficient (Wildman–Crippen LogP) is 2.93. The molecule has 110 valence electrons. The van der Waals surface area contributed by atoms with Gasteiger partial charge in [0.25, 0.3) is 5.91 Å². The van der Waals surface area contributed by atoms with Gasteiger partial charge in [0.2, 0.25) is 0 Å². The highest BCUT2D eigenvalue weighted by Gasteiger charge is 2.09. The number of hydrogen-bond acceptors (Lipinski definition) is 5. The Morgan fingerprint density at radius 2 is 2.19 bits per heavy atom. The van der Waals surface area contributed by atoms with Crippen molar-refractivity contribution in [2.75, 3.05) is 13.0 Å². The second-order valence-corrected chi connectivity index (χ2v) is 5.94. The van der Waals surface area contributed by atoms with Crippen molar-refractivity contribution in [2.45, 2.75) is 4.90 Å². The molecule has 2 aromatic rings. The number of methoxy groups -OCH3 is 1. The standard InChI is InChI=1S/C14H13NO4S2/c1-19-10-4-2-3-9(5-10)13(16)15-8-21-11-6-12(14(17)18)20-7-11/h2-7H,8H2,1H3,(H,15,16)(H,17,18). The van der Waals surface area contributed by atoms with Crippen molar-refractivity contribution >= 4 is 35.0 Å². The molecule has 0 unspecified atom stereocenters. The molecular weight excluding hydrogens is 310 g/mol. The summed E-state index contributed by atoms with van der Waals surface area (Å²) >= 11 is 2.54. The van der Waals surface area contributed by atoms with E-state index >= 15 is 0 Å². The SMILES string of the molecule is COc1cccc(C(=O)NCSc2csc(C(=O)O)c2)c1. The Balaban J connectivity index is 1.87. The summed E-state index contributed by atoms with van der Waals surface area (Å²) in [6, 6.07) is 8.47. The smallest absolute Gasteiger partial charge is 0.345 e. The number of thiophene rings is 1. The number of aromatic carboxylic acids is 1. The lowest BCUT2D eigenvalue weighted by molar-refractivity contribution is 0.0701. The van der Waals surface area contributed by atoms with Crippen LogP contribution in [-0.2, 0) is 0 Å². The highest BCUT2D eigenvalue weighted by Crippen LogP contribution is 2.24. The van der Waals surface area contributed by atoms with Gasteiger partial charge in [0.15, 0.2) is 0 Å². The number of nitrogens with one attached hydrogen (secondary N) is 1. The molecule has 1 aromatic heterocycles. The molecule has 2 N–H and O–H groups in total. The number of thioether (sulfide) groups is 1. The number of carboxylic acid groups (broad SMARTS) is 1. The molecule has 0 saturated carbocycles. The number of hydrogen-bond donors (Lipinski definition) is 2. The van der Waals surface area contributed by atoms with Crippen molar-refractivity contribution in [3.05, 3.63) is 46.2 Å². The number of amides is 1. The summed E-state index contributed by atoms with van der Waals surface area (Å²) in [6.07, 6.45) is 0. The van der Waals surface area contributed by atoms with Crippen LogP contribution in [0.25, 0.3) is 0 Å². The van der Waals surface area contributed by atoms with E-state index in [0.717, 1.165) is 4.90 Å². The Hall–Kier alpha value is -1.99. The molecule has 0 saturated heterocycles. The quantitative estimate of drug-likeness (QED) is 0.631. The first kappa shape index (κ1) is 15.4. The highest BCUT2D eigenvalue weighted by molar-refractivity contribution is 7.99. The maximum Gasteiger partial charge on any atom is 0.345 e. The van der Waals surface area contributed by atoms with Gasteiger partial charge in [-0.05, 0) is 24.3 Å². The van der Waals surface area contributed by atoms with Crippen LogP contribution < -0.4 is 10.1 Å². The summed E-state index contributed by atoms with van der Waals surface area (Å²) < 4.78 is 5.06. The molecule has 1 amide bonds. The van der Waals surface area contributed by atoms with E-state index in [4.69, 9.17) is 9.84 Å². The lowest BCUT2D eigenvalue weighted by Crippen LogP contribution is -2.22. The molecule has 2 rings (SSSR count). The van der Waals surface area contributed by atoms with E-state index in [0.29, 0.717) is 17.2 Å². The summed E-state index contributed by atoms with van der Waals surface area (Å²) in [5, 5.41) is 13.3. The summed E-state index contributed by atoms with van der Waals surface area (Å²) in [5.41, 5.74) is 0.520. The van der Waals surface area contributed by atoms with Gasteiger partial charge in [-0.25, -0.2) is 4.79 Å². The lowest BCUT2D eigenvalue weighted by Gasteiger charge is -2.05. The Morgan fingerprint density at radius 1 is 1.38 bits per heavy atom. The number of carbonyl (C=O) groups is 2. The van der Waals surface area contributed by atoms with Gasteiger partial charge in [0.1, 0.15) is 10.6 Å². The second kappa shape index (κ2) is 7.14. The number of rotatable bonds is 6. The fourth-order valence-corrected chi connectivity index (χ4v) is 3.23. The maximum atomic E-state index is 11.9. The molecule has 5 nitrogen and oxygen atoms in total. The minimum Gasteiger partial charge on any atom is -0.497 e. The molecule has 1 heterocycles. The largest absolute Gasteiger partial charge is 0.497 e. The van der Waals surface area contributed by atoms with Crippen molar-refractivity contribution in [3.63, 3.8) is 0 Å². The van der Waals surface area contributed by atoms with Gasteiger partial charge in [0.05, 0.1) is 13.0 Å². The Bertz CT molecular complexity index is 654. The molecule has 0 aliphatic rings. The first-order chi connectivity index (χ1) is 10.1. The number of ether oxygens (including phenoxy) is 1. The van der Waals surface area contributed by atoms with E-state index in [2.05, 4.69) is 5.32 Å². The van der Waals surface area contributed by atoms with Gasteiger partial charge >= 0.3 is 5.97 Å². The van der Waals surface area contributed by atoms with E-state index in [-0.39, 0.29) is 10.8 Å². The second-order valence-electron chi connectivity index (χ2n) is 3.98. The topological polar surface area (TPSA) is 75.6 Å². The van der Waals surface area contributed by atoms with Crippen molar-refractivity contribution in [1.29, 1.82) is 0 Å². The van der Waals surface area contributed by atoms with Gasteiger partial charge < -0.3 is 15.2 Å². The van der Waals surface area contributed by atoms with Crippen LogP contribution in [0.3, 0.4) is 0 Å². The van der Waals surface area contributed by atoms with Crippen LogP contribution in [0.4, 0.5) is 0 Å². The third-order valence-corrected chi connectivity index (χ3v) is 4.51. The van der Waals surface area contributed by atoms with E-state index in [1.54, 1.807) is 42.8 Å². The fourth-order valence-electron chi connectivity index (χ4n) is 1.56. The summed E-state index contributed by atoms with van der Waals surface area (Å²) in [6.45, 7) is 0. The van der Waals surface area contributed by atoms with E-state index in [1.165, 1.54) is 23.1 Å². The van der Waals surface area contributed by atoms with E-state index in [9.17, 15) is 9.59 Å². The zero-order chi connectivity index (χ0) is 15.2. The van der Waals surface area contributed by atoms with Crippen molar-refractivity contribution in [3.8, 4) is 5.75 Å². The van der Waals surface area contributed by atoms with Gasteiger partial charge in [-0.1, -0.05) is 6.07 Å². The third-order valence-electron chi connectivity index (χ3n) is 2.59. The average molecular weight is 323 g/mol. The molecule has 7 heteroatoms. The van der Waals surface area contributed by atoms with Crippen LogP contribution in [0.2, 0.25) is 0 Å². The lowest BCUT2D eigenvalue weighted by atomic mass is 10.2. The molecule has 0 aliphatic heterocycles. The van der Waals surface area contributed by atoms with Crippen LogP contribution in [0.5, 0.6) is 5.75 Å². The zero-order valence-electron chi connectivity index (χ0n) is 11.2. The minimum absolute atomic E-state index is 0.199. The third kappa shape index (κ3) is 4.24. The van der Waals surface area contributed by atoms with Gasteiger partial charge in [-0.3, -0.25) is 4.79 Å². The summed E-state index contributed by atoms with van der Waals surface area (Å²) in [7, 11) is 1.55. The minimum atomic E-state index is -0.938. The van der Waals surface area contributed by atoms with Crippen LogP contribution in [0.1, 0.15) is 20.0 Å². The molecule has 0 atom stereocenters. The first-order valence-corrected chi connectivity index (χ1v) is 7.83. The van der Waals surface area contributed by atoms with Crippen LogP contribution in [-0.4, -0.2) is 30.0 Å². The Morgan fingerprint density at radius 3 is 2.86 bits per heavy atom. The van der Waals surface area contributed by atoms with Crippen molar-refractivity contribution in [2.24, 2.45) is 0 Å².